The monoisotopic (exact) mass is 304 g/mol. The second kappa shape index (κ2) is 6.63. The van der Waals surface area contributed by atoms with Crippen molar-refractivity contribution in [3.05, 3.63) is 52.7 Å². The zero-order valence-electron chi connectivity index (χ0n) is 10.6. The lowest BCUT2D eigenvalue weighted by Crippen LogP contribution is -2.20. The van der Waals surface area contributed by atoms with Crippen LogP contribution in [0.25, 0.3) is 0 Å². The van der Waals surface area contributed by atoms with Crippen LogP contribution in [0.5, 0.6) is 0 Å². The smallest absolute Gasteiger partial charge is 0.338 e. The molecule has 2 rings (SSSR count). The molecule has 0 spiro atoms. The highest BCUT2D eigenvalue weighted by molar-refractivity contribution is 7.14. The number of ether oxygens (including phenoxy) is 1. The molecule has 1 aromatic carbocycles. The number of benzene rings is 1. The predicted molar refractivity (Wildman–Crippen MR) is 74.3 cm³/mol. The van der Waals surface area contributed by atoms with E-state index in [0.29, 0.717) is 10.6 Å². The standard InChI is InChI=1S/C14H9FN2O3S/c15-11-3-1-9(2-4-11)14(19)20-8-12(18)17-13-10(7-16)5-6-21-13/h1-6H,8H2,(H,17,18). The number of nitrogens with zero attached hydrogens (tertiary/aromatic N) is 1. The Morgan fingerprint density at radius 1 is 1.29 bits per heavy atom. The number of halogens is 1. The summed E-state index contributed by atoms with van der Waals surface area (Å²) in [6.07, 6.45) is 0. The van der Waals surface area contributed by atoms with Gasteiger partial charge < -0.3 is 10.1 Å². The van der Waals surface area contributed by atoms with Gasteiger partial charge in [-0.15, -0.1) is 11.3 Å². The van der Waals surface area contributed by atoms with E-state index in [1.54, 1.807) is 11.4 Å². The van der Waals surface area contributed by atoms with Gasteiger partial charge in [-0.2, -0.15) is 5.26 Å². The van der Waals surface area contributed by atoms with Gasteiger partial charge in [0.1, 0.15) is 16.9 Å². The highest BCUT2D eigenvalue weighted by Gasteiger charge is 2.12. The number of nitriles is 1. The minimum absolute atomic E-state index is 0.151. The molecule has 1 heterocycles. The summed E-state index contributed by atoms with van der Waals surface area (Å²) in [6.45, 7) is -0.487. The molecule has 1 N–H and O–H groups in total. The first kappa shape index (κ1) is 14.7. The van der Waals surface area contributed by atoms with E-state index in [9.17, 15) is 14.0 Å². The SMILES string of the molecule is N#Cc1ccsc1NC(=O)COC(=O)c1ccc(F)cc1. The molecule has 1 aromatic heterocycles. The van der Waals surface area contributed by atoms with Gasteiger partial charge in [-0.1, -0.05) is 0 Å². The second-order valence-electron chi connectivity index (χ2n) is 3.91. The number of carbonyl (C=O) groups excluding carboxylic acids is 2. The minimum Gasteiger partial charge on any atom is -0.452 e. The van der Waals surface area contributed by atoms with E-state index in [0.717, 1.165) is 12.1 Å². The minimum atomic E-state index is -0.725. The number of anilines is 1. The van der Waals surface area contributed by atoms with Gasteiger partial charge in [0.25, 0.3) is 5.91 Å². The van der Waals surface area contributed by atoms with Crippen molar-refractivity contribution in [3.63, 3.8) is 0 Å². The Morgan fingerprint density at radius 3 is 2.67 bits per heavy atom. The van der Waals surface area contributed by atoms with Crippen LogP contribution in [-0.4, -0.2) is 18.5 Å². The second-order valence-corrected chi connectivity index (χ2v) is 4.82. The molecule has 1 amide bonds. The van der Waals surface area contributed by atoms with Crippen LogP contribution < -0.4 is 5.32 Å². The summed E-state index contributed by atoms with van der Waals surface area (Å²) in [4.78, 5) is 23.2. The maximum atomic E-state index is 12.7. The van der Waals surface area contributed by atoms with Gasteiger partial charge in [0.05, 0.1) is 11.1 Å². The number of hydrogen-bond acceptors (Lipinski definition) is 5. The number of carbonyl (C=O) groups is 2. The van der Waals surface area contributed by atoms with Crippen LogP contribution in [0, 0.1) is 17.1 Å². The van der Waals surface area contributed by atoms with E-state index < -0.39 is 24.3 Å². The zero-order valence-corrected chi connectivity index (χ0v) is 11.4. The van der Waals surface area contributed by atoms with Gasteiger partial charge in [-0.3, -0.25) is 4.79 Å². The number of nitrogens with one attached hydrogen (secondary N) is 1. The molecule has 0 saturated heterocycles. The maximum absolute atomic E-state index is 12.7. The molecule has 0 unspecified atom stereocenters. The molecule has 7 heteroatoms. The highest BCUT2D eigenvalue weighted by Crippen LogP contribution is 2.21. The lowest BCUT2D eigenvalue weighted by molar-refractivity contribution is -0.119. The number of rotatable bonds is 4. The first-order valence-corrected chi connectivity index (χ1v) is 6.68. The molecule has 106 valence electrons. The van der Waals surface area contributed by atoms with E-state index in [4.69, 9.17) is 10.00 Å². The molecule has 21 heavy (non-hydrogen) atoms. The van der Waals surface area contributed by atoms with Crippen molar-refractivity contribution in [2.45, 2.75) is 0 Å². The van der Waals surface area contributed by atoms with E-state index in [1.807, 2.05) is 6.07 Å². The summed E-state index contributed by atoms with van der Waals surface area (Å²) in [6, 6.07) is 8.29. The van der Waals surface area contributed by atoms with Gasteiger partial charge in [-0.25, -0.2) is 9.18 Å². The average molecular weight is 304 g/mol. The molecule has 0 aliphatic carbocycles. The summed E-state index contributed by atoms with van der Waals surface area (Å²) in [5.74, 6) is -1.74. The summed E-state index contributed by atoms with van der Waals surface area (Å²) in [5, 5.41) is 13.3. The first-order valence-electron chi connectivity index (χ1n) is 5.80. The van der Waals surface area contributed by atoms with Crippen molar-refractivity contribution in [2.75, 3.05) is 11.9 Å². The van der Waals surface area contributed by atoms with Crippen LogP contribution in [0.4, 0.5) is 9.39 Å². The van der Waals surface area contributed by atoms with Crippen molar-refractivity contribution >= 4 is 28.2 Å². The molecular weight excluding hydrogens is 295 g/mol. The molecule has 0 bridgehead atoms. The Kier molecular flexibility index (Phi) is 4.64. The fraction of sp³-hybridized carbons (Fsp3) is 0.0714. The van der Waals surface area contributed by atoms with Crippen molar-refractivity contribution in [2.24, 2.45) is 0 Å². The van der Waals surface area contributed by atoms with E-state index >= 15 is 0 Å². The van der Waals surface area contributed by atoms with Crippen LogP contribution in [-0.2, 0) is 9.53 Å². The van der Waals surface area contributed by atoms with Crippen molar-refractivity contribution in [1.29, 1.82) is 5.26 Å². The largest absolute Gasteiger partial charge is 0.452 e. The predicted octanol–water partition coefficient (Wildman–Crippen LogP) is 2.55. The molecule has 0 fully saturated rings. The van der Waals surface area contributed by atoms with E-state index in [1.165, 1.54) is 23.5 Å². The topological polar surface area (TPSA) is 79.2 Å². The third-order valence-electron chi connectivity index (χ3n) is 2.45. The third kappa shape index (κ3) is 3.87. The van der Waals surface area contributed by atoms with E-state index in [2.05, 4.69) is 5.32 Å². The van der Waals surface area contributed by atoms with Gasteiger partial charge in [0, 0.05) is 0 Å². The van der Waals surface area contributed by atoms with Gasteiger partial charge in [-0.05, 0) is 35.7 Å². The Bertz CT molecular complexity index is 704. The summed E-state index contributed by atoms with van der Waals surface area (Å²) >= 11 is 1.20. The Balaban J connectivity index is 1.88. The Morgan fingerprint density at radius 2 is 2.00 bits per heavy atom. The molecule has 0 saturated carbocycles. The first-order chi connectivity index (χ1) is 10.1. The summed E-state index contributed by atoms with van der Waals surface area (Å²) in [7, 11) is 0. The van der Waals surface area contributed by atoms with Crippen LogP contribution >= 0.6 is 11.3 Å². The number of esters is 1. The normalized spacial score (nSPS) is 9.71. The van der Waals surface area contributed by atoms with Crippen molar-refractivity contribution in [3.8, 4) is 6.07 Å². The zero-order chi connectivity index (χ0) is 15.2. The number of hydrogen-bond donors (Lipinski definition) is 1. The van der Waals surface area contributed by atoms with Crippen LogP contribution in [0.1, 0.15) is 15.9 Å². The number of thiophene rings is 1. The maximum Gasteiger partial charge on any atom is 0.338 e. The third-order valence-corrected chi connectivity index (χ3v) is 3.28. The molecule has 0 aliphatic heterocycles. The number of amides is 1. The van der Waals surface area contributed by atoms with Crippen LogP contribution in [0.15, 0.2) is 35.7 Å². The highest BCUT2D eigenvalue weighted by atomic mass is 32.1. The fourth-order valence-corrected chi connectivity index (χ4v) is 2.21. The average Bonchev–Trinajstić information content (AvgIpc) is 2.92. The van der Waals surface area contributed by atoms with Gasteiger partial charge in [0.2, 0.25) is 0 Å². The lowest BCUT2D eigenvalue weighted by Gasteiger charge is -2.05. The molecule has 2 aromatic rings. The molecule has 0 radical (unpaired) electrons. The molecular formula is C14H9FN2O3S. The summed E-state index contributed by atoms with van der Waals surface area (Å²) < 4.78 is 17.5. The molecule has 0 atom stereocenters. The van der Waals surface area contributed by atoms with Crippen molar-refractivity contribution in [1.82, 2.24) is 0 Å². The summed E-state index contributed by atoms with van der Waals surface area (Å²) in [5.41, 5.74) is 0.497. The lowest BCUT2D eigenvalue weighted by atomic mass is 10.2. The molecule has 0 aliphatic rings. The van der Waals surface area contributed by atoms with Crippen molar-refractivity contribution < 1.29 is 18.7 Å². The Labute approximate surface area is 123 Å². The van der Waals surface area contributed by atoms with E-state index in [-0.39, 0.29) is 5.56 Å². The van der Waals surface area contributed by atoms with Crippen LogP contribution in [0.2, 0.25) is 0 Å². The fourth-order valence-electron chi connectivity index (χ4n) is 1.46. The van der Waals surface area contributed by atoms with Gasteiger partial charge in [0.15, 0.2) is 6.61 Å². The Hall–Kier alpha value is -2.72. The van der Waals surface area contributed by atoms with Crippen LogP contribution in [0.3, 0.4) is 0 Å². The molecule has 5 nitrogen and oxygen atoms in total. The quantitative estimate of drug-likeness (QED) is 0.880. The van der Waals surface area contributed by atoms with Gasteiger partial charge >= 0.3 is 5.97 Å².